The minimum atomic E-state index is -2.74. The van der Waals surface area contributed by atoms with Gasteiger partial charge in [-0.1, -0.05) is 6.92 Å². The van der Waals surface area contributed by atoms with Gasteiger partial charge in [0.15, 0.2) is 0 Å². The molecule has 2 atom stereocenters. The van der Waals surface area contributed by atoms with E-state index in [0.717, 1.165) is 32.5 Å². The first-order chi connectivity index (χ1) is 8.02. The predicted octanol–water partition coefficient (Wildman–Crippen LogP) is 0.480. The van der Waals surface area contributed by atoms with E-state index < -0.39 is 9.84 Å². The van der Waals surface area contributed by atoms with E-state index in [1.54, 1.807) is 0 Å². The van der Waals surface area contributed by atoms with E-state index in [9.17, 15) is 8.42 Å². The van der Waals surface area contributed by atoms with E-state index in [-0.39, 0.29) is 0 Å². The standard InChI is InChI=1S/C12H24N2O2S/c1-10-2-5-14(9-11(10)8-13)12-3-6-17(15,16)7-4-12/h10-12H,2-9,13H2,1H3. The number of sulfone groups is 1. The van der Waals surface area contributed by atoms with Gasteiger partial charge in [0.2, 0.25) is 0 Å². The normalized spacial score (nSPS) is 35.9. The minimum absolute atomic E-state index is 0.372. The smallest absolute Gasteiger partial charge is 0.150 e. The Balaban J connectivity index is 1.91. The van der Waals surface area contributed by atoms with Crippen molar-refractivity contribution in [2.75, 3.05) is 31.1 Å². The Morgan fingerprint density at radius 3 is 2.47 bits per heavy atom. The number of rotatable bonds is 2. The Kier molecular flexibility index (Phi) is 4.10. The molecule has 100 valence electrons. The number of hydrogen-bond acceptors (Lipinski definition) is 4. The molecule has 2 saturated heterocycles. The van der Waals surface area contributed by atoms with E-state index >= 15 is 0 Å². The molecule has 0 amide bonds. The summed E-state index contributed by atoms with van der Waals surface area (Å²) in [6, 6.07) is 0.472. The van der Waals surface area contributed by atoms with Crippen LogP contribution in [0.3, 0.4) is 0 Å². The van der Waals surface area contributed by atoms with Crippen molar-refractivity contribution in [3.63, 3.8) is 0 Å². The number of nitrogens with zero attached hydrogens (tertiary/aromatic N) is 1. The topological polar surface area (TPSA) is 63.4 Å². The lowest BCUT2D eigenvalue weighted by Gasteiger charge is -2.42. The van der Waals surface area contributed by atoms with Gasteiger partial charge in [-0.15, -0.1) is 0 Å². The van der Waals surface area contributed by atoms with Crippen LogP contribution in [-0.2, 0) is 9.84 Å². The summed E-state index contributed by atoms with van der Waals surface area (Å²) >= 11 is 0. The second kappa shape index (κ2) is 5.24. The molecule has 0 saturated carbocycles. The van der Waals surface area contributed by atoms with Crippen molar-refractivity contribution in [1.29, 1.82) is 0 Å². The molecular weight excluding hydrogens is 236 g/mol. The van der Waals surface area contributed by atoms with Gasteiger partial charge in [-0.2, -0.15) is 0 Å². The summed E-state index contributed by atoms with van der Waals surface area (Å²) in [7, 11) is -2.74. The third-order valence-corrected chi connectivity index (χ3v) is 6.20. The summed E-state index contributed by atoms with van der Waals surface area (Å²) in [6.45, 7) is 5.20. The molecule has 2 N–H and O–H groups in total. The van der Waals surface area contributed by atoms with Crippen molar-refractivity contribution in [3.8, 4) is 0 Å². The van der Waals surface area contributed by atoms with Crippen molar-refractivity contribution in [3.05, 3.63) is 0 Å². The Labute approximate surface area is 104 Å². The lowest BCUT2D eigenvalue weighted by molar-refractivity contribution is 0.0859. The molecule has 0 spiro atoms. The quantitative estimate of drug-likeness (QED) is 0.784. The summed E-state index contributed by atoms with van der Waals surface area (Å²) in [4.78, 5) is 2.48. The van der Waals surface area contributed by atoms with Crippen molar-refractivity contribution < 1.29 is 8.42 Å². The van der Waals surface area contributed by atoms with Crippen LogP contribution < -0.4 is 5.73 Å². The van der Waals surface area contributed by atoms with Crippen LogP contribution in [0.2, 0.25) is 0 Å². The molecule has 0 aliphatic carbocycles. The highest BCUT2D eigenvalue weighted by molar-refractivity contribution is 7.91. The summed E-state index contributed by atoms with van der Waals surface area (Å²) in [5, 5.41) is 0. The van der Waals surface area contributed by atoms with Gasteiger partial charge in [-0.25, -0.2) is 8.42 Å². The predicted molar refractivity (Wildman–Crippen MR) is 69.6 cm³/mol. The highest BCUT2D eigenvalue weighted by atomic mass is 32.2. The number of nitrogens with two attached hydrogens (primary N) is 1. The van der Waals surface area contributed by atoms with Gasteiger partial charge in [-0.3, -0.25) is 4.90 Å². The number of piperidine rings is 1. The van der Waals surface area contributed by atoms with E-state index in [1.807, 2.05) is 0 Å². The number of hydrogen-bond donors (Lipinski definition) is 1. The molecule has 2 rings (SSSR count). The summed E-state index contributed by atoms with van der Waals surface area (Å²) in [6.07, 6.45) is 2.83. The van der Waals surface area contributed by atoms with Gasteiger partial charge in [0.25, 0.3) is 0 Å². The van der Waals surface area contributed by atoms with Gasteiger partial charge in [0, 0.05) is 12.6 Å². The van der Waals surface area contributed by atoms with E-state index in [2.05, 4.69) is 11.8 Å². The van der Waals surface area contributed by atoms with E-state index in [0.29, 0.717) is 29.4 Å². The van der Waals surface area contributed by atoms with Crippen LogP contribution >= 0.6 is 0 Å². The molecular formula is C12H24N2O2S. The average Bonchev–Trinajstić information content (AvgIpc) is 2.30. The zero-order valence-electron chi connectivity index (χ0n) is 10.6. The highest BCUT2D eigenvalue weighted by Gasteiger charge is 2.32. The van der Waals surface area contributed by atoms with Crippen LogP contribution in [0, 0.1) is 11.8 Å². The highest BCUT2D eigenvalue weighted by Crippen LogP contribution is 2.27. The minimum Gasteiger partial charge on any atom is -0.330 e. The van der Waals surface area contributed by atoms with Crippen LogP contribution in [0.15, 0.2) is 0 Å². The molecule has 0 aromatic rings. The Morgan fingerprint density at radius 1 is 1.24 bits per heavy atom. The molecule has 2 unspecified atom stereocenters. The average molecular weight is 260 g/mol. The molecule has 2 fully saturated rings. The van der Waals surface area contributed by atoms with Gasteiger partial charge in [0.1, 0.15) is 9.84 Å². The maximum Gasteiger partial charge on any atom is 0.150 e. The summed E-state index contributed by atoms with van der Waals surface area (Å²) < 4.78 is 22.8. The molecule has 4 nitrogen and oxygen atoms in total. The van der Waals surface area contributed by atoms with Gasteiger partial charge in [-0.05, 0) is 44.2 Å². The Morgan fingerprint density at radius 2 is 1.88 bits per heavy atom. The lowest BCUT2D eigenvalue weighted by Crippen LogP contribution is -2.49. The monoisotopic (exact) mass is 260 g/mol. The third kappa shape index (κ3) is 3.20. The van der Waals surface area contributed by atoms with Crippen LogP contribution in [-0.4, -0.2) is 50.5 Å². The lowest BCUT2D eigenvalue weighted by atomic mass is 9.86. The van der Waals surface area contributed by atoms with Crippen molar-refractivity contribution >= 4 is 9.84 Å². The first-order valence-electron chi connectivity index (χ1n) is 6.66. The Hall–Kier alpha value is -0.130. The second-order valence-corrected chi connectivity index (χ2v) is 7.94. The third-order valence-electron chi connectivity index (χ3n) is 4.49. The van der Waals surface area contributed by atoms with Crippen LogP contribution in [0.4, 0.5) is 0 Å². The molecule has 0 aromatic carbocycles. The summed E-state index contributed by atoms with van der Waals surface area (Å²) in [5.41, 5.74) is 5.81. The van der Waals surface area contributed by atoms with Crippen molar-refractivity contribution in [2.45, 2.75) is 32.2 Å². The first kappa shape index (κ1) is 13.3. The number of likely N-dealkylation sites (tertiary alicyclic amines) is 1. The largest absolute Gasteiger partial charge is 0.330 e. The molecule has 5 heteroatoms. The van der Waals surface area contributed by atoms with Gasteiger partial charge < -0.3 is 5.73 Å². The second-order valence-electron chi connectivity index (χ2n) is 5.64. The van der Waals surface area contributed by atoms with Crippen LogP contribution in [0.5, 0.6) is 0 Å². The molecule has 0 bridgehead atoms. The zero-order valence-corrected chi connectivity index (χ0v) is 11.5. The maximum atomic E-state index is 11.4. The zero-order chi connectivity index (χ0) is 12.5. The molecule has 0 aromatic heterocycles. The fourth-order valence-corrected chi connectivity index (χ4v) is 4.53. The van der Waals surface area contributed by atoms with Gasteiger partial charge >= 0.3 is 0 Å². The fourth-order valence-electron chi connectivity index (χ4n) is 3.06. The maximum absolute atomic E-state index is 11.4. The molecule has 17 heavy (non-hydrogen) atoms. The van der Waals surface area contributed by atoms with Crippen LogP contribution in [0.1, 0.15) is 26.2 Å². The fraction of sp³-hybridized carbons (Fsp3) is 1.00. The summed E-state index contributed by atoms with van der Waals surface area (Å²) in [5.74, 6) is 2.04. The van der Waals surface area contributed by atoms with Crippen LogP contribution in [0.25, 0.3) is 0 Å². The van der Waals surface area contributed by atoms with E-state index in [4.69, 9.17) is 5.73 Å². The SMILES string of the molecule is CC1CCN(C2CCS(=O)(=O)CC2)CC1CN. The molecule has 0 radical (unpaired) electrons. The van der Waals surface area contributed by atoms with Crippen molar-refractivity contribution in [2.24, 2.45) is 17.6 Å². The molecule has 2 heterocycles. The van der Waals surface area contributed by atoms with E-state index in [1.165, 1.54) is 6.42 Å². The Bertz CT molecular complexity index is 342. The molecule has 2 aliphatic rings. The van der Waals surface area contributed by atoms with Gasteiger partial charge in [0.05, 0.1) is 11.5 Å². The first-order valence-corrected chi connectivity index (χ1v) is 8.48. The molecule has 2 aliphatic heterocycles. The van der Waals surface area contributed by atoms with Crippen molar-refractivity contribution in [1.82, 2.24) is 4.90 Å².